The smallest absolute Gasteiger partial charge is 0.129 e. The van der Waals surface area contributed by atoms with E-state index >= 15 is 0 Å². The van der Waals surface area contributed by atoms with Crippen molar-refractivity contribution in [3.8, 4) is 5.75 Å². The number of benzene rings is 1. The Hall–Kier alpha value is -1.09. The second-order valence-corrected chi connectivity index (χ2v) is 3.02. The van der Waals surface area contributed by atoms with Gasteiger partial charge in [0.1, 0.15) is 11.6 Å². The van der Waals surface area contributed by atoms with E-state index in [1.807, 2.05) is 0 Å². The Morgan fingerprint density at radius 1 is 1.46 bits per heavy atom. The summed E-state index contributed by atoms with van der Waals surface area (Å²) in [6, 6.07) is 2.89. The largest absolute Gasteiger partial charge is 0.496 e. The Labute approximate surface area is 77.0 Å². The maximum atomic E-state index is 13.2. The summed E-state index contributed by atoms with van der Waals surface area (Å²) in [7, 11) is 1.52. The number of methoxy groups -OCH3 is 1. The fourth-order valence-corrected chi connectivity index (χ4v) is 1.21. The first-order chi connectivity index (χ1) is 6.06. The maximum Gasteiger partial charge on any atom is 0.129 e. The zero-order valence-electron chi connectivity index (χ0n) is 7.97. The van der Waals surface area contributed by atoms with Gasteiger partial charge in [0, 0.05) is 5.56 Å². The molecule has 2 nitrogen and oxygen atoms in total. The molecule has 0 heterocycles. The second kappa shape index (κ2) is 3.75. The molecular formula is C10H13FO2. The van der Waals surface area contributed by atoms with Crippen LogP contribution in [0.2, 0.25) is 0 Å². The van der Waals surface area contributed by atoms with E-state index in [2.05, 4.69) is 0 Å². The van der Waals surface area contributed by atoms with Crippen molar-refractivity contribution in [1.82, 2.24) is 0 Å². The highest BCUT2D eigenvalue weighted by Crippen LogP contribution is 2.25. The first-order valence-electron chi connectivity index (χ1n) is 4.08. The van der Waals surface area contributed by atoms with E-state index in [1.54, 1.807) is 6.92 Å². The molecule has 0 aromatic heterocycles. The van der Waals surface area contributed by atoms with Crippen molar-refractivity contribution in [1.29, 1.82) is 0 Å². The summed E-state index contributed by atoms with van der Waals surface area (Å²) in [5, 5.41) is 9.22. The third-order valence-electron chi connectivity index (χ3n) is 1.96. The molecule has 13 heavy (non-hydrogen) atoms. The first kappa shape index (κ1) is 9.99. The lowest BCUT2D eigenvalue weighted by Gasteiger charge is -2.10. The Bertz CT molecular complexity index is 308. The number of halogens is 1. The molecule has 1 atom stereocenters. The van der Waals surface area contributed by atoms with E-state index in [1.165, 1.54) is 26.2 Å². The number of hydrogen-bond acceptors (Lipinski definition) is 2. The van der Waals surface area contributed by atoms with Gasteiger partial charge in [-0.3, -0.25) is 0 Å². The molecule has 72 valence electrons. The molecular weight excluding hydrogens is 171 g/mol. The lowest BCUT2D eigenvalue weighted by Crippen LogP contribution is -1.98. The van der Waals surface area contributed by atoms with Gasteiger partial charge < -0.3 is 9.84 Å². The lowest BCUT2D eigenvalue weighted by atomic mass is 10.1. The van der Waals surface area contributed by atoms with Crippen LogP contribution in [0.15, 0.2) is 12.1 Å². The van der Waals surface area contributed by atoms with Crippen LogP contribution >= 0.6 is 0 Å². The van der Waals surface area contributed by atoms with Crippen LogP contribution in [0.5, 0.6) is 5.75 Å². The number of hydrogen-bond donors (Lipinski definition) is 1. The molecule has 1 aromatic carbocycles. The Balaban J connectivity index is 3.22. The fraction of sp³-hybridized carbons (Fsp3) is 0.400. The maximum absolute atomic E-state index is 13.2. The highest BCUT2D eigenvalue weighted by atomic mass is 19.1. The molecule has 0 saturated carbocycles. The number of aliphatic hydroxyl groups excluding tert-OH is 1. The summed E-state index contributed by atoms with van der Waals surface area (Å²) in [4.78, 5) is 0. The molecule has 0 fully saturated rings. The number of aryl methyl sites for hydroxylation is 1. The summed E-state index contributed by atoms with van der Waals surface area (Å²) >= 11 is 0. The minimum atomic E-state index is -0.811. The van der Waals surface area contributed by atoms with Gasteiger partial charge in [0.2, 0.25) is 0 Å². The summed E-state index contributed by atoms with van der Waals surface area (Å²) in [6.45, 7) is 3.28. The quantitative estimate of drug-likeness (QED) is 0.763. The number of ether oxygens (including phenoxy) is 1. The molecule has 0 saturated heterocycles. The van der Waals surface area contributed by atoms with Crippen molar-refractivity contribution < 1.29 is 14.2 Å². The van der Waals surface area contributed by atoms with Gasteiger partial charge in [0.25, 0.3) is 0 Å². The molecule has 0 aliphatic carbocycles. The van der Waals surface area contributed by atoms with Crippen LogP contribution in [-0.4, -0.2) is 12.2 Å². The van der Waals surface area contributed by atoms with Crippen molar-refractivity contribution in [2.45, 2.75) is 20.0 Å². The molecule has 1 rings (SSSR count). The Morgan fingerprint density at radius 3 is 2.54 bits per heavy atom. The van der Waals surface area contributed by atoms with E-state index in [-0.39, 0.29) is 5.56 Å². The van der Waals surface area contributed by atoms with Crippen LogP contribution in [0.25, 0.3) is 0 Å². The van der Waals surface area contributed by atoms with E-state index in [0.29, 0.717) is 5.75 Å². The molecule has 0 aliphatic heterocycles. The van der Waals surface area contributed by atoms with E-state index in [4.69, 9.17) is 4.74 Å². The molecule has 1 aromatic rings. The summed E-state index contributed by atoms with van der Waals surface area (Å²) in [5.41, 5.74) is 0.992. The van der Waals surface area contributed by atoms with Gasteiger partial charge >= 0.3 is 0 Å². The van der Waals surface area contributed by atoms with Crippen molar-refractivity contribution in [2.24, 2.45) is 0 Å². The second-order valence-electron chi connectivity index (χ2n) is 3.02. The zero-order valence-corrected chi connectivity index (χ0v) is 7.97. The fourth-order valence-electron chi connectivity index (χ4n) is 1.21. The van der Waals surface area contributed by atoms with Crippen LogP contribution in [0, 0.1) is 12.7 Å². The van der Waals surface area contributed by atoms with Gasteiger partial charge in [0.05, 0.1) is 13.2 Å². The standard InChI is InChI=1S/C10H13FO2/c1-6-4-9(11)8(7(2)12)5-10(6)13-3/h4-5,7,12H,1-3H3. The lowest BCUT2D eigenvalue weighted by molar-refractivity contribution is 0.193. The van der Waals surface area contributed by atoms with Gasteiger partial charge in [-0.25, -0.2) is 4.39 Å². The average Bonchev–Trinajstić information content (AvgIpc) is 2.03. The van der Waals surface area contributed by atoms with Crippen LogP contribution in [0.3, 0.4) is 0 Å². The normalized spacial score (nSPS) is 12.7. The highest BCUT2D eigenvalue weighted by molar-refractivity contribution is 5.38. The molecule has 0 spiro atoms. The van der Waals surface area contributed by atoms with Gasteiger partial charge in [-0.15, -0.1) is 0 Å². The van der Waals surface area contributed by atoms with Crippen molar-refractivity contribution >= 4 is 0 Å². The SMILES string of the molecule is COc1cc(C(C)O)c(F)cc1C. The van der Waals surface area contributed by atoms with E-state index in [9.17, 15) is 9.50 Å². The van der Waals surface area contributed by atoms with Crippen molar-refractivity contribution in [3.63, 3.8) is 0 Å². The van der Waals surface area contributed by atoms with Crippen LogP contribution in [-0.2, 0) is 0 Å². The summed E-state index contributed by atoms with van der Waals surface area (Å²) < 4.78 is 18.2. The van der Waals surface area contributed by atoms with Gasteiger partial charge in [-0.1, -0.05) is 0 Å². The monoisotopic (exact) mass is 184 g/mol. The minimum absolute atomic E-state index is 0.266. The van der Waals surface area contributed by atoms with Gasteiger partial charge in [0.15, 0.2) is 0 Å². The van der Waals surface area contributed by atoms with Gasteiger partial charge in [-0.05, 0) is 31.5 Å². The molecule has 1 N–H and O–H groups in total. The number of aliphatic hydroxyl groups is 1. The molecule has 1 unspecified atom stereocenters. The van der Waals surface area contributed by atoms with E-state index in [0.717, 1.165) is 5.56 Å². The number of rotatable bonds is 2. The topological polar surface area (TPSA) is 29.5 Å². The first-order valence-corrected chi connectivity index (χ1v) is 4.08. The third-order valence-corrected chi connectivity index (χ3v) is 1.96. The molecule has 0 radical (unpaired) electrons. The van der Waals surface area contributed by atoms with E-state index < -0.39 is 11.9 Å². The molecule has 0 amide bonds. The summed E-state index contributed by atoms with van der Waals surface area (Å²) in [5.74, 6) is 0.200. The predicted molar refractivity (Wildman–Crippen MR) is 48.3 cm³/mol. The van der Waals surface area contributed by atoms with Crippen LogP contribution < -0.4 is 4.74 Å². The van der Waals surface area contributed by atoms with Crippen molar-refractivity contribution in [2.75, 3.05) is 7.11 Å². The highest BCUT2D eigenvalue weighted by Gasteiger charge is 2.11. The zero-order chi connectivity index (χ0) is 10.0. The Kier molecular flexibility index (Phi) is 2.88. The van der Waals surface area contributed by atoms with Crippen molar-refractivity contribution in [3.05, 3.63) is 29.1 Å². The molecule has 3 heteroatoms. The Morgan fingerprint density at radius 2 is 2.08 bits per heavy atom. The molecule has 0 aliphatic rings. The average molecular weight is 184 g/mol. The van der Waals surface area contributed by atoms with Gasteiger partial charge in [-0.2, -0.15) is 0 Å². The predicted octanol–water partition coefficient (Wildman–Crippen LogP) is 2.20. The minimum Gasteiger partial charge on any atom is -0.496 e. The molecule has 0 bridgehead atoms. The third kappa shape index (κ3) is 1.98. The summed E-state index contributed by atoms with van der Waals surface area (Å²) in [6.07, 6.45) is -0.811. The van der Waals surface area contributed by atoms with Crippen LogP contribution in [0.4, 0.5) is 4.39 Å². The van der Waals surface area contributed by atoms with Crippen LogP contribution in [0.1, 0.15) is 24.2 Å².